The molecule has 0 bridgehead atoms. The molecule has 172 valence electrons. The lowest BCUT2D eigenvalue weighted by atomic mass is 10.0. The van der Waals surface area contributed by atoms with E-state index in [1.54, 1.807) is 37.1 Å². The second-order valence-corrected chi connectivity index (χ2v) is 7.74. The molecule has 2 N–H and O–H groups in total. The van der Waals surface area contributed by atoms with Crippen molar-refractivity contribution < 1.29 is 23.8 Å². The van der Waals surface area contributed by atoms with Gasteiger partial charge >= 0.3 is 0 Å². The fourth-order valence-corrected chi connectivity index (χ4v) is 3.87. The number of aromatic nitrogens is 2. The number of fused-ring (bicyclic) bond motifs is 1. The molecule has 0 aliphatic carbocycles. The fraction of sp³-hybridized carbons (Fsp3) is 0.292. The van der Waals surface area contributed by atoms with Crippen LogP contribution in [0, 0.1) is 6.92 Å². The number of aryl methyl sites for hydroxylation is 1. The minimum Gasteiger partial charge on any atom is -0.497 e. The first kappa shape index (κ1) is 22.3. The van der Waals surface area contributed by atoms with Crippen molar-refractivity contribution in [1.82, 2.24) is 9.78 Å². The van der Waals surface area contributed by atoms with Crippen LogP contribution in [-0.4, -0.2) is 42.9 Å². The molecule has 4 rings (SSSR count). The van der Waals surface area contributed by atoms with E-state index >= 15 is 0 Å². The minimum atomic E-state index is -0.786. The zero-order valence-electron chi connectivity index (χ0n) is 19.0. The first-order valence-corrected chi connectivity index (χ1v) is 10.4. The maximum atomic E-state index is 12.9. The maximum Gasteiger partial charge on any atom is 0.251 e. The summed E-state index contributed by atoms with van der Waals surface area (Å²) in [5, 5.41) is 10.3. The number of rotatable bonds is 8. The maximum absolute atomic E-state index is 12.9. The van der Waals surface area contributed by atoms with Gasteiger partial charge in [0.1, 0.15) is 23.4 Å². The largest absolute Gasteiger partial charge is 0.497 e. The van der Waals surface area contributed by atoms with Gasteiger partial charge in [-0.2, -0.15) is 5.10 Å². The molecular formula is C24H26N4O5. The van der Waals surface area contributed by atoms with Crippen molar-refractivity contribution >= 4 is 23.3 Å². The van der Waals surface area contributed by atoms with E-state index in [1.165, 1.54) is 7.11 Å². The van der Waals surface area contributed by atoms with Gasteiger partial charge in [0.2, 0.25) is 5.91 Å². The predicted molar refractivity (Wildman–Crippen MR) is 124 cm³/mol. The van der Waals surface area contributed by atoms with Gasteiger partial charge in [0.05, 0.1) is 38.6 Å². The highest BCUT2D eigenvalue weighted by Gasteiger charge is 2.37. The monoisotopic (exact) mass is 450 g/mol. The minimum absolute atomic E-state index is 0.0966. The van der Waals surface area contributed by atoms with E-state index in [4.69, 9.17) is 14.2 Å². The van der Waals surface area contributed by atoms with Gasteiger partial charge in [-0.1, -0.05) is 29.8 Å². The standard InChI is InChI=1S/C24H26N4O5/c1-14-5-7-15(8-6-14)22-18(13-31-2)27-28-19(24(30)26-23(22)28)12-21(29)25-17-11-16(32-3)9-10-20(17)33-4/h5-11,19H,12-13H2,1-4H3,(H,25,29)(H,26,30). The summed E-state index contributed by atoms with van der Waals surface area (Å²) in [5.74, 6) is 0.986. The highest BCUT2D eigenvalue weighted by Crippen LogP contribution is 2.39. The third-order valence-electron chi connectivity index (χ3n) is 5.50. The van der Waals surface area contributed by atoms with E-state index in [-0.39, 0.29) is 24.8 Å². The smallest absolute Gasteiger partial charge is 0.251 e. The third-order valence-corrected chi connectivity index (χ3v) is 5.50. The van der Waals surface area contributed by atoms with Crippen LogP contribution in [0.5, 0.6) is 11.5 Å². The van der Waals surface area contributed by atoms with Gasteiger partial charge in [-0.3, -0.25) is 9.59 Å². The number of carbonyl (C=O) groups is 2. The zero-order valence-corrected chi connectivity index (χ0v) is 19.0. The molecule has 0 saturated heterocycles. The van der Waals surface area contributed by atoms with Gasteiger partial charge in [0.15, 0.2) is 0 Å². The molecule has 1 aliphatic rings. The SMILES string of the molecule is COCc1nn2c(c1-c1ccc(C)cc1)NC(=O)C2CC(=O)Nc1cc(OC)ccc1OC. The van der Waals surface area contributed by atoms with Crippen LogP contribution in [0.4, 0.5) is 11.5 Å². The topological polar surface area (TPSA) is 104 Å². The number of anilines is 2. The zero-order chi connectivity index (χ0) is 23.5. The summed E-state index contributed by atoms with van der Waals surface area (Å²) in [6, 6.07) is 12.3. The first-order valence-electron chi connectivity index (χ1n) is 10.4. The van der Waals surface area contributed by atoms with Crippen LogP contribution >= 0.6 is 0 Å². The van der Waals surface area contributed by atoms with Crippen molar-refractivity contribution in [2.24, 2.45) is 0 Å². The molecule has 0 radical (unpaired) electrons. The highest BCUT2D eigenvalue weighted by molar-refractivity contribution is 6.04. The molecule has 33 heavy (non-hydrogen) atoms. The van der Waals surface area contributed by atoms with Crippen LogP contribution in [0.1, 0.15) is 23.7 Å². The molecule has 2 aromatic carbocycles. The lowest BCUT2D eigenvalue weighted by Crippen LogP contribution is -2.24. The molecule has 2 heterocycles. The number of methoxy groups -OCH3 is 3. The number of ether oxygens (including phenoxy) is 3. The van der Waals surface area contributed by atoms with Crippen LogP contribution in [0.2, 0.25) is 0 Å². The summed E-state index contributed by atoms with van der Waals surface area (Å²) in [6.07, 6.45) is -0.0966. The summed E-state index contributed by atoms with van der Waals surface area (Å²) in [4.78, 5) is 25.6. The molecule has 9 heteroatoms. The fourth-order valence-electron chi connectivity index (χ4n) is 3.87. The summed E-state index contributed by atoms with van der Waals surface area (Å²) in [5.41, 5.74) is 3.99. The Morgan fingerprint density at radius 1 is 1.12 bits per heavy atom. The molecule has 0 saturated carbocycles. The van der Waals surface area contributed by atoms with Crippen molar-refractivity contribution in [3.05, 3.63) is 53.7 Å². The number of hydrogen-bond acceptors (Lipinski definition) is 6. The average Bonchev–Trinajstić information content (AvgIpc) is 3.29. The van der Waals surface area contributed by atoms with E-state index in [1.807, 2.05) is 31.2 Å². The Hall–Kier alpha value is -3.85. The Morgan fingerprint density at radius 3 is 2.55 bits per heavy atom. The number of nitrogens with zero attached hydrogens (tertiary/aromatic N) is 2. The molecular weight excluding hydrogens is 424 g/mol. The molecule has 3 aromatic rings. The summed E-state index contributed by atoms with van der Waals surface area (Å²) in [6.45, 7) is 2.29. The third kappa shape index (κ3) is 4.40. The van der Waals surface area contributed by atoms with Crippen LogP contribution in [0.3, 0.4) is 0 Å². The Kier molecular flexibility index (Phi) is 6.32. The van der Waals surface area contributed by atoms with E-state index in [9.17, 15) is 9.59 Å². The van der Waals surface area contributed by atoms with Crippen molar-refractivity contribution in [1.29, 1.82) is 0 Å². The predicted octanol–water partition coefficient (Wildman–Crippen LogP) is 3.54. The Morgan fingerprint density at radius 2 is 1.88 bits per heavy atom. The molecule has 0 fully saturated rings. The van der Waals surface area contributed by atoms with Gasteiger partial charge < -0.3 is 24.8 Å². The Bertz CT molecular complexity index is 1190. The summed E-state index contributed by atoms with van der Waals surface area (Å²) in [7, 11) is 4.65. The summed E-state index contributed by atoms with van der Waals surface area (Å²) < 4.78 is 17.4. The normalized spacial score (nSPS) is 14.5. The van der Waals surface area contributed by atoms with Crippen molar-refractivity contribution in [2.75, 3.05) is 32.0 Å². The number of amides is 2. The van der Waals surface area contributed by atoms with Gasteiger partial charge in [0, 0.05) is 18.7 Å². The lowest BCUT2D eigenvalue weighted by molar-refractivity contribution is -0.123. The number of hydrogen-bond donors (Lipinski definition) is 2. The van der Waals surface area contributed by atoms with Crippen molar-refractivity contribution in [2.45, 2.75) is 26.0 Å². The number of nitrogens with one attached hydrogen (secondary N) is 2. The second-order valence-electron chi connectivity index (χ2n) is 7.74. The van der Waals surface area contributed by atoms with Crippen LogP contribution < -0.4 is 20.1 Å². The molecule has 9 nitrogen and oxygen atoms in total. The number of benzene rings is 2. The van der Waals surface area contributed by atoms with Crippen LogP contribution in [-0.2, 0) is 20.9 Å². The van der Waals surface area contributed by atoms with E-state index in [0.29, 0.717) is 28.7 Å². The van der Waals surface area contributed by atoms with Crippen LogP contribution in [0.15, 0.2) is 42.5 Å². The molecule has 1 unspecified atom stereocenters. The molecule has 0 spiro atoms. The molecule has 1 aromatic heterocycles. The molecule has 2 amide bonds. The first-order chi connectivity index (χ1) is 15.9. The van der Waals surface area contributed by atoms with Gasteiger partial charge in [-0.15, -0.1) is 0 Å². The highest BCUT2D eigenvalue weighted by atomic mass is 16.5. The van der Waals surface area contributed by atoms with Crippen molar-refractivity contribution in [3.8, 4) is 22.6 Å². The summed E-state index contributed by atoms with van der Waals surface area (Å²) >= 11 is 0. The van der Waals surface area contributed by atoms with Gasteiger partial charge in [-0.25, -0.2) is 4.68 Å². The Labute approximate surface area is 191 Å². The Balaban J connectivity index is 1.62. The van der Waals surface area contributed by atoms with Crippen molar-refractivity contribution in [3.63, 3.8) is 0 Å². The van der Waals surface area contributed by atoms with E-state index < -0.39 is 6.04 Å². The quantitative estimate of drug-likeness (QED) is 0.544. The average molecular weight is 450 g/mol. The van der Waals surface area contributed by atoms with E-state index in [0.717, 1.165) is 16.7 Å². The van der Waals surface area contributed by atoms with Crippen LogP contribution in [0.25, 0.3) is 11.1 Å². The van der Waals surface area contributed by atoms with Gasteiger partial charge in [-0.05, 0) is 24.6 Å². The van der Waals surface area contributed by atoms with E-state index in [2.05, 4.69) is 15.7 Å². The lowest BCUT2D eigenvalue weighted by Gasteiger charge is -2.13. The second kappa shape index (κ2) is 9.33. The van der Waals surface area contributed by atoms with Gasteiger partial charge in [0.25, 0.3) is 5.91 Å². The number of carbonyl (C=O) groups excluding carboxylic acids is 2. The molecule has 1 aliphatic heterocycles. The molecule has 1 atom stereocenters.